The molecule has 0 aromatic rings. The van der Waals surface area contributed by atoms with Gasteiger partial charge in [-0.25, -0.2) is 0 Å². The average molecular weight is 244 g/mol. The third kappa shape index (κ3) is 3.64. The van der Waals surface area contributed by atoms with Gasteiger partial charge in [-0.05, 0) is 26.0 Å². The zero-order chi connectivity index (χ0) is 12.0. The van der Waals surface area contributed by atoms with Crippen LogP contribution in [0.2, 0.25) is 0 Å². The van der Waals surface area contributed by atoms with Gasteiger partial charge in [0.15, 0.2) is 0 Å². The molecule has 1 aliphatic heterocycles. The topological polar surface area (TPSA) is 15.3 Å². The number of nitrogens with zero attached hydrogens (tertiary/aromatic N) is 1. The lowest BCUT2D eigenvalue weighted by Gasteiger charge is -2.48. The van der Waals surface area contributed by atoms with E-state index in [1.807, 2.05) is 11.8 Å². The number of nitrogens with one attached hydrogen (secondary N) is 1. The van der Waals surface area contributed by atoms with Crippen molar-refractivity contribution in [1.29, 1.82) is 0 Å². The molecule has 1 fully saturated rings. The summed E-state index contributed by atoms with van der Waals surface area (Å²) in [6, 6.07) is 0.714. The quantitative estimate of drug-likeness (QED) is 0.773. The van der Waals surface area contributed by atoms with E-state index in [1.54, 1.807) is 0 Å². The summed E-state index contributed by atoms with van der Waals surface area (Å²) in [6.07, 6.45) is 6.05. The van der Waals surface area contributed by atoms with Crippen LogP contribution in [0.3, 0.4) is 0 Å². The Kier molecular flexibility index (Phi) is 6.16. The molecular weight excluding hydrogens is 216 g/mol. The molecule has 1 N–H and O–H groups in total. The van der Waals surface area contributed by atoms with Gasteiger partial charge >= 0.3 is 0 Å². The van der Waals surface area contributed by atoms with Gasteiger partial charge in [0.1, 0.15) is 0 Å². The van der Waals surface area contributed by atoms with Crippen LogP contribution in [-0.4, -0.2) is 48.1 Å². The number of hydrogen-bond acceptors (Lipinski definition) is 3. The summed E-state index contributed by atoms with van der Waals surface area (Å²) >= 11 is 1.96. The van der Waals surface area contributed by atoms with Gasteiger partial charge in [0.25, 0.3) is 0 Å². The van der Waals surface area contributed by atoms with Crippen LogP contribution in [0.5, 0.6) is 0 Å². The van der Waals surface area contributed by atoms with Crippen molar-refractivity contribution in [2.75, 3.05) is 31.6 Å². The molecule has 2 atom stereocenters. The Morgan fingerprint density at radius 1 is 1.44 bits per heavy atom. The maximum absolute atomic E-state index is 3.72. The van der Waals surface area contributed by atoms with Gasteiger partial charge < -0.3 is 5.32 Å². The molecule has 0 saturated carbocycles. The first-order valence-electron chi connectivity index (χ1n) is 6.63. The smallest absolute Gasteiger partial charge is 0.0304 e. The van der Waals surface area contributed by atoms with Crippen LogP contribution in [0, 0.1) is 0 Å². The molecule has 1 heterocycles. The van der Waals surface area contributed by atoms with E-state index in [0.29, 0.717) is 11.6 Å². The van der Waals surface area contributed by atoms with Crippen molar-refractivity contribution < 1.29 is 0 Å². The molecule has 2 nitrogen and oxygen atoms in total. The Hall–Kier alpha value is 0.270. The SMILES string of the molecule is CCCC1CN(CCSC)C(C)(CC)CN1. The fourth-order valence-corrected chi connectivity index (χ4v) is 2.88. The van der Waals surface area contributed by atoms with Crippen LogP contribution in [0.4, 0.5) is 0 Å². The minimum Gasteiger partial charge on any atom is -0.311 e. The zero-order valence-corrected chi connectivity index (χ0v) is 12.2. The molecule has 3 heteroatoms. The van der Waals surface area contributed by atoms with Crippen molar-refractivity contribution in [2.24, 2.45) is 0 Å². The molecule has 96 valence electrons. The summed E-state index contributed by atoms with van der Waals surface area (Å²) in [7, 11) is 0. The average Bonchev–Trinajstić information content (AvgIpc) is 2.30. The normalized spacial score (nSPS) is 31.9. The lowest BCUT2D eigenvalue weighted by Crippen LogP contribution is -2.63. The molecule has 0 aromatic heterocycles. The molecule has 1 saturated heterocycles. The van der Waals surface area contributed by atoms with Crippen LogP contribution in [0.1, 0.15) is 40.0 Å². The molecule has 0 radical (unpaired) electrons. The van der Waals surface area contributed by atoms with E-state index in [9.17, 15) is 0 Å². The molecule has 0 aliphatic carbocycles. The van der Waals surface area contributed by atoms with Crippen molar-refractivity contribution in [3.05, 3.63) is 0 Å². The first-order valence-corrected chi connectivity index (χ1v) is 8.03. The maximum Gasteiger partial charge on any atom is 0.0304 e. The van der Waals surface area contributed by atoms with Crippen LogP contribution in [0.25, 0.3) is 0 Å². The largest absolute Gasteiger partial charge is 0.311 e. The van der Waals surface area contributed by atoms with Gasteiger partial charge in [0, 0.05) is 37.0 Å². The number of hydrogen-bond donors (Lipinski definition) is 1. The first-order chi connectivity index (χ1) is 7.66. The van der Waals surface area contributed by atoms with Crippen LogP contribution in [0.15, 0.2) is 0 Å². The van der Waals surface area contributed by atoms with Gasteiger partial charge in [-0.3, -0.25) is 4.90 Å². The third-order valence-corrected chi connectivity index (χ3v) is 4.53. The molecule has 0 bridgehead atoms. The Bertz CT molecular complexity index is 198. The van der Waals surface area contributed by atoms with Gasteiger partial charge in [0.05, 0.1) is 0 Å². The van der Waals surface area contributed by atoms with E-state index < -0.39 is 0 Å². The summed E-state index contributed by atoms with van der Waals surface area (Å²) in [4.78, 5) is 2.71. The Morgan fingerprint density at radius 3 is 2.75 bits per heavy atom. The number of piperazine rings is 1. The second-order valence-corrected chi connectivity index (χ2v) is 6.14. The first kappa shape index (κ1) is 14.3. The van der Waals surface area contributed by atoms with E-state index in [0.717, 1.165) is 6.54 Å². The van der Waals surface area contributed by atoms with Crippen molar-refractivity contribution in [2.45, 2.75) is 51.6 Å². The monoisotopic (exact) mass is 244 g/mol. The highest BCUT2D eigenvalue weighted by molar-refractivity contribution is 7.98. The van der Waals surface area contributed by atoms with Gasteiger partial charge in [-0.15, -0.1) is 0 Å². The van der Waals surface area contributed by atoms with E-state index in [1.165, 1.54) is 38.1 Å². The maximum atomic E-state index is 3.72. The molecule has 1 aliphatic rings. The highest BCUT2D eigenvalue weighted by Crippen LogP contribution is 2.24. The predicted octanol–water partition coefficient (Wildman–Crippen LogP) is 2.59. The second kappa shape index (κ2) is 6.87. The van der Waals surface area contributed by atoms with Crippen LogP contribution >= 0.6 is 11.8 Å². The lowest BCUT2D eigenvalue weighted by molar-refractivity contribution is 0.0532. The van der Waals surface area contributed by atoms with Gasteiger partial charge in [-0.2, -0.15) is 11.8 Å². The molecule has 16 heavy (non-hydrogen) atoms. The highest BCUT2D eigenvalue weighted by atomic mass is 32.2. The summed E-state index contributed by atoms with van der Waals surface area (Å²) in [6.45, 7) is 10.6. The van der Waals surface area contributed by atoms with E-state index in [-0.39, 0.29) is 0 Å². The minimum atomic E-state index is 0.375. The summed E-state index contributed by atoms with van der Waals surface area (Å²) in [5, 5.41) is 3.72. The predicted molar refractivity (Wildman–Crippen MR) is 75.3 cm³/mol. The third-order valence-electron chi connectivity index (χ3n) is 3.94. The standard InChI is InChI=1S/C13H28N2S/c1-5-7-12-10-15(8-9-16-4)13(3,6-2)11-14-12/h12,14H,5-11H2,1-4H3. The van der Waals surface area contributed by atoms with E-state index in [2.05, 4.69) is 37.2 Å². The number of thioether (sulfide) groups is 1. The Morgan fingerprint density at radius 2 is 2.19 bits per heavy atom. The lowest BCUT2D eigenvalue weighted by atomic mass is 9.91. The van der Waals surface area contributed by atoms with Crippen molar-refractivity contribution in [3.63, 3.8) is 0 Å². The summed E-state index contributed by atoms with van der Waals surface area (Å²) < 4.78 is 0. The molecule has 0 aromatic carbocycles. The van der Waals surface area contributed by atoms with Crippen molar-refractivity contribution >= 4 is 11.8 Å². The summed E-state index contributed by atoms with van der Waals surface area (Å²) in [5.41, 5.74) is 0.375. The van der Waals surface area contributed by atoms with E-state index in [4.69, 9.17) is 0 Å². The molecule has 1 rings (SSSR count). The van der Waals surface area contributed by atoms with Gasteiger partial charge in [0.2, 0.25) is 0 Å². The molecule has 0 spiro atoms. The molecule has 0 amide bonds. The second-order valence-electron chi connectivity index (χ2n) is 5.16. The molecule has 2 unspecified atom stereocenters. The fourth-order valence-electron chi connectivity index (χ4n) is 2.48. The Balaban J connectivity index is 2.54. The fraction of sp³-hybridized carbons (Fsp3) is 1.00. The zero-order valence-electron chi connectivity index (χ0n) is 11.4. The molecular formula is C13H28N2S. The minimum absolute atomic E-state index is 0.375. The highest BCUT2D eigenvalue weighted by Gasteiger charge is 2.35. The van der Waals surface area contributed by atoms with Crippen LogP contribution in [-0.2, 0) is 0 Å². The van der Waals surface area contributed by atoms with Crippen molar-refractivity contribution in [1.82, 2.24) is 10.2 Å². The summed E-state index contributed by atoms with van der Waals surface area (Å²) in [5.74, 6) is 1.26. The number of rotatable bonds is 6. The Labute approximate surface area is 106 Å². The van der Waals surface area contributed by atoms with Gasteiger partial charge in [-0.1, -0.05) is 20.3 Å². The van der Waals surface area contributed by atoms with Crippen molar-refractivity contribution in [3.8, 4) is 0 Å². The van der Waals surface area contributed by atoms with Crippen LogP contribution < -0.4 is 5.32 Å². The van der Waals surface area contributed by atoms with E-state index >= 15 is 0 Å².